The molecule has 1 aromatic heterocycles. The minimum Gasteiger partial charge on any atom is -0.492 e. The van der Waals surface area contributed by atoms with Crippen molar-refractivity contribution < 1.29 is 28.1 Å². The van der Waals surface area contributed by atoms with E-state index < -0.39 is 35.8 Å². The fourth-order valence-corrected chi connectivity index (χ4v) is 4.66. The third-order valence-corrected chi connectivity index (χ3v) is 6.43. The maximum absolute atomic E-state index is 14.3. The van der Waals surface area contributed by atoms with Crippen molar-refractivity contribution in [2.24, 2.45) is 0 Å². The van der Waals surface area contributed by atoms with E-state index in [1.165, 1.54) is 4.57 Å². The number of aromatic nitrogens is 3. The fraction of sp³-hybridized carbons (Fsp3) is 0.364. The third-order valence-electron chi connectivity index (χ3n) is 5.62. The number of benzene rings is 2. The van der Waals surface area contributed by atoms with Crippen molar-refractivity contribution in [3.8, 4) is 11.4 Å². The molecule has 2 aromatic carbocycles. The van der Waals surface area contributed by atoms with Crippen LogP contribution >= 0.6 is 34.8 Å². The van der Waals surface area contributed by atoms with E-state index in [0.29, 0.717) is 39.2 Å². The van der Waals surface area contributed by atoms with Crippen molar-refractivity contribution in [3.63, 3.8) is 0 Å². The summed E-state index contributed by atoms with van der Waals surface area (Å²) in [6.07, 6.45) is -3.14. The molecule has 12 heteroatoms. The molecule has 1 fully saturated rings. The number of alkyl halides is 3. The Kier molecular flexibility index (Phi) is 6.20. The maximum atomic E-state index is 14.3. The molecule has 0 saturated carbocycles. The number of epoxide rings is 1. The second-order valence-corrected chi connectivity index (χ2v) is 9.11. The van der Waals surface area contributed by atoms with Crippen LogP contribution in [0.4, 0.5) is 8.78 Å². The molecule has 4 atom stereocenters. The molecule has 0 spiro atoms. The lowest BCUT2D eigenvalue weighted by atomic mass is 9.99. The lowest BCUT2D eigenvalue weighted by Crippen LogP contribution is -2.16. The van der Waals surface area contributed by atoms with E-state index in [1.54, 1.807) is 36.4 Å². The zero-order valence-electron chi connectivity index (χ0n) is 17.6. The van der Waals surface area contributed by atoms with Crippen molar-refractivity contribution in [1.29, 1.82) is 0 Å². The Morgan fingerprint density at radius 2 is 1.91 bits per heavy atom. The molecule has 2 unspecified atom stereocenters. The number of hydrogen-bond acceptors (Lipinski definition) is 6. The average molecular weight is 533 g/mol. The highest BCUT2D eigenvalue weighted by Gasteiger charge is 2.46. The zero-order valence-corrected chi connectivity index (χ0v) is 19.9. The molecule has 2 aliphatic heterocycles. The standard InChI is InChI=1S/C22H18Cl3F2N3O4/c1-2-32-14-5-3-4-11(17(14)24)18-12-8-10(23)6-7-13(12)30-19(28-29-21(30)22(25,26)27)15(33-18)9-16-20(31)34-16/h3-8,15-16,18,20,31H,2,9H2,1H3/t15-,16?,18-,20?/m1/s1. The molecule has 5 rings (SSSR count). The Bertz CT molecular complexity index is 1240. The monoisotopic (exact) mass is 531 g/mol. The third kappa shape index (κ3) is 4.25. The largest absolute Gasteiger partial charge is 0.492 e. The first-order chi connectivity index (χ1) is 16.2. The molecule has 3 aromatic rings. The van der Waals surface area contributed by atoms with Gasteiger partial charge in [0.25, 0.3) is 0 Å². The van der Waals surface area contributed by atoms with Gasteiger partial charge in [0.15, 0.2) is 12.1 Å². The first kappa shape index (κ1) is 23.7. The first-order valence-electron chi connectivity index (χ1n) is 10.4. The second kappa shape index (κ2) is 8.89. The van der Waals surface area contributed by atoms with Gasteiger partial charge in [0, 0.05) is 22.6 Å². The quantitative estimate of drug-likeness (QED) is 0.332. The average Bonchev–Trinajstić information content (AvgIpc) is 3.31. The Morgan fingerprint density at radius 3 is 2.59 bits per heavy atom. The van der Waals surface area contributed by atoms with E-state index in [4.69, 9.17) is 49.0 Å². The van der Waals surface area contributed by atoms with Crippen LogP contribution in [-0.2, 0) is 14.9 Å². The summed E-state index contributed by atoms with van der Waals surface area (Å²) in [5.74, 6) is -0.238. The van der Waals surface area contributed by atoms with Gasteiger partial charge in [0.2, 0.25) is 5.82 Å². The van der Waals surface area contributed by atoms with Crippen molar-refractivity contribution in [2.45, 2.75) is 43.3 Å². The first-order valence-corrected chi connectivity index (χ1v) is 11.5. The van der Waals surface area contributed by atoms with Crippen LogP contribution in [-0.4, -0.2) is 38.9 Å². The van der Waals surface area contributed by atoms with Gasteiger partial charge in [-0.1, -0.05) is 35.3 Å². The number of rotatable bonds is 6. The van der Waals surface area contributed by atoms with Crippen LogP contribution in [0.3, 0.4) is 0 Å². The molecule has 0 aliphatic carbocycles. The van der Waals surface area contributed by atoms with Crippen LogP contribution < -0.4 is 4.74 Å². The van der Waals surface area contributed by atoms with Gasteiger partial charge in [-0.15, -0.1) is 10.2 Å². The topological polar surface area (TPSA) is 81.9 Å². The summed E-state index contributed by atoms with van der Waals surface area (Å²) in [4.78, 5) is 0. The molecule has 3 heterocycles. The van der Waals surface area contributed by atoms with Gasteiger partial charge in [-0.05, 0) is 42.8 Å². The van der Waals surface area contributed by atoms with Crippen LogP contribution in [0.1, 0.15) is 48.3 Å². The number of hydrogen-bond donors (Lipinski definition) is 1. The van der Waals surface area contributed by atoms with E-state index in [9.17, 15) is 13.9 Å². The summed E-state index contributed by atoms with van der Waals surface area (Å²) in [6.45, 7) is 2.23. The summed E-state index contributed by atoms with van der Waals surface area (Å²) >= 11 is 18.4. The molecule has 34 heavy (non-hydrogen) atoms. The highest BCUT2D eigenvalue weighted by Crippen LogP contribution is 2.48. The van der Waals surface area contributed by atoms with E-state index >= 15 is 0 Å². The van der Waals surface area contributed by atoms with Gasteiger partial charge < -0.3 is 19.3 Å². The van der Waals surface area contributed by atoms with Gasteiger partial charge in [0.05, 0.1) is 17.3 Å². The molecule has 0 amide bonds. The smallest absolute Gasteiger partial charge is 0.382 e. The summed E-state index contributed by atoms with van der Waals surface area (Å²) < 4.78 is 47.1. The lowest BCUT2D eigenvalue weighted by Gasteiger charge is -2.24. The Hall–Kier alpha value is -2.01. The summed E-state index contributed by atoms with van der Waals surface area (Å²) in [5, 5.41) is 14.2. The number of aliphatic hydroxyl groups is 1. The molecule has 1 N–H and O–H groups in total. The zero-order chi connectivity index (χ0) is 24.2. The SMILES string of the molecule is CCOc1cccc([C@H]2O[C@H](CC3OC3O)c3nnc(C(F)(F)Cl)n3-c3ccc(Cl)cc32)c1Cl. The molecule has 180 valence electrons. The fourth-order valence-electron chi connectivity index (χ4n) is 4.08. The number of fused-ring (bicyclic) bond motifs is 3. The van der Waals surface area contributed by atoms with E-state index in [0.717, 1.165) is 0 Å². The highest BCUT2D eigenvalue weighted by atomic mass is 35.5. The molecular weight excluding hydrogens is 515 g/mol. The van der Waals surface area contributed by atoms with Crippen molar-refractivity contribution in [2.75, 3.05) is 6.61 Å². The molecule has 7 nitrogen and oxygen atoms in total. The Labute approximate surface area is 208 Å². The van der Waals surface area contributed by atoms with E-state index in [2.05, 4.69) is 10.2 Å². The van der Waals surface area contributed by atoms with E-state index in [1.807, 2.05) is 6.92 Å². The molecule has 0 radical (unpaired) electrons. The molecule has 0 bridgehead atoms. The minimum atomic E-state index is -3.81. The number of ether oxygens (including phenoxy) is 3. The van der Waals surface area contributed by atoms with Gasteiger partial charge in [0.1, 0.15) is 24.1 Å². The van der Waals surface area contributed by atoms with Crippen LogP contribution in [0, 0.1) is 0 Å². The summed E-state index contributed by atoms with van der Waals surface area (Å²) in [5.41, 5.74) is 1.30. The predicted octanol–water partition coefficient (Wildman–Crippen LogP) is 5.53. The van der Waals surface area contributed by atoms with Gasteiger partial charge >= 0.3 is 5.38 Å². The van der Waals surface area contributed by atoms with Crippen LogP contribution in [0.2, 0.25) is 10.0 Å². The van der Waals surface area contributed by atoms with Crippen molar-refractivity contribution in [3.05, 3.63) is 69.2 Å². The molecular formula is C22H18Cl3F2N3O4. The number of aliphatic hydroxyl groups excluding tert-OH is 1. The number of nitrogens with zero attached hydrogens (tertiary/aromatic N) is 3. The lowest BCUT2D eigenvalue weighted by molar-refractivity contribution is -0.00467. The summed E-state index contributed by atoms with van der Waals surface area (Å²) in [7, 11) is 0. The van der Waals surface area contributed by atoms with Crippen LogP contribution in [0.15, 0.2) is 36.4 Å². The maximum Gasteiger partial charge on any atom is 0.382 e. The Balaban J connectivity index is 1.73. The summed E-state index contributed by atoms with van der Waals surface area (Å²) in [6, 6.07) is 9.96. The predicted molar refractivity (Wildman–Crippen MR) is 120 cm³/mol. The van der Waals surface area contributed by atoms with E-state index in [-0.39, 0.29) is 12.2 Å². The van der Waals surface area contributed by atoms with Gasteiger partial charge in [-0.3, -0.25) is 4.57 Å². The highest BCUT2D eigenvalue weighted by molar-refractivity contribution is 6.33. The van der Waals surface area contributed by atoms with Crippen LogP contribution in [0.25, 0.3) is 5.69 Å². The molecule has 2 aliphatic rings. The Morgan fingerprint density at radius 1 is 1.15 bits per heavy atom. The van der Waals surface area contributed by atoms with Gasteiger partial charge in [-0.2, -0.15) is 8.78 Å². The molecule has 1 saturated heterocycles. The minimum absolute atomic E-state index is 0.0844. The van der Waals surface area contributed by atoms with Gasteiger partial charge in [-0.25, -0.2) is 0 Å². The second-order valence-electron chi connectivity index (χ2n) is 7.82. The van der Waals surface area contributed by atoms with Crippen LogP contribution in [0.5, 0.6) is 5.75 Å². The normalized spacial score (nSPS) is 23.7. The number of halogens is 5. The van der Waals surface area contributed by atoms with Crippen molar-refractivity contribution in [1.82, 2.24) is 14.8 Å². The van der Waals surface area contributed by atoms with Crippen molar-refractivity contribution >= 4 is 34.8 Å².